The van der Waals surface area contributed by atoms with E-state index in [1.54, 1.807) is 24.3 Å². The van der Waals surface area contributed by atoms with Gasteiger partial charge in [-0.05, 0) is 36.3 Å². The van der Waals surface area contributed by atoms with E-state index in [0.29, 0.717) is 12.8 Å². The molecule has 0 bridgehead atoms. The van der Waals surface area contributed by atoms with E-state index in [2.05, 4.69) is 16.0 Å². The highest BCUT2D eigenvalue weighted by Crippen LogP contribution is 2.10. The van der Waals surface area contributed by atoms with Gasteiger partial charge in [-0.15, -0.1) is 11.6 Å². The third-order valence-corrected chi connectivity index (χ3v) is 6.16. The average Bonchev–Trinajstić information content (AvgIpc) is 2.96. The normalized spacial score (nSPS) is 12.9. The van der Waals surface area contributed by atoms with Crippen molar-refractivity contribution in [3.05, 3.63) is 71.8 Å². The molecule has 0 fully saturated rings. The van der Waals surface area contributed by atoms with E-state index in [-0.39, 0.29) is 24.9 Å². The molecule has 3 amide bonds. The second-order valence-corrected chi connectivity index (χ2v) is 10.2. The maximum atomic E-state index is 13.4. The number of carbonyl (C=O) groups excluding carboxylic acids is 5. The molecule has 0 saturated heterocycles. The number of amides is 3. The highest BCUT2D eigenvalue weighted by atomic mass is 35.5. The topological polar surface area (TPSA) is 140 Å². The van der Waals surface area contributed by atoms with Gasteiger partial charge >= 0.3 is 11.9 Å². The molecule has 3 atom stereocenters. The number of aryl methyl sites for hydroxylation is 1. The molecule has 2 rings (SSSR count). The van der Waals surface area contributed by atoms with E-state index < -0.39 is 54.4 Å². The summed E-state index contributed by atoms with van der Waals surface area (Å²) in [4.78, 5) is 63.0. The van der Waals surface area contributed by atoms with Gasteiger partial charge in [0.05, 0.1) is 0 Å². The van der Waals surface area contributed by atoms with Crippen molar-refractivity contribution in [2.75, 3.05) is 12.5 Å². The first-order valence-corrected chi connectivity index (χ1v) is 14.0. The van der Waals surface area contributed by atoms with Crippen LogP contribution in [0.5, 0.6) is 0 Å². The predicted octanol–water partition coefficient (Wildman–Crippen LogP) is 2.67. The largest absolute Gasteiger partial charge is 0.462 e. The van der Waals surface area contributed by atoms with E-state index >= 15 is 0 Å². The Hall–Kier alpha value is -3.92. The molecule has 0 aliphatic heterocycles. The van der Waals surface area contributed by atoms with Crippen LogP contribution in [0.25, 0.3) is 0 Å². The van der Waals surface area contributed by atoms with Crippen molar-refractivity contribution in [2.45, 2.75) is 64.8 Å². The molecule has 0 unspecified atom stereocenters. The van der Waals surface area contributed by atoms with Gasteiger partial charge < -0.3 is 25.4 Å². The van der Waals surface area contributed by atoms with Crippen molar-refractivity contribution in [1.82, 2.24) is 16.0 Å². The fourth-order valence-electron chi connectivity index (χ4n) is 3.93. The lowest BCUT2D eigenvalue weighted by Gasteiger charge is -2.26. The Bertz CT molecular complexity index is 1150. The number of carbonyl (C=O) groups is 5. The van der Waals surface area contributed by atoms with E-state index in [4.69, 9.17) is 21.1 Å². The Labute approximate surface area is 245 Å². The van der Waals surface area contributed by atoms with Crippen LogP contribution in [-0.4, -0.2) is 60.3 Å². The van der Waals surface area contributed by atoms with Gasteiger partial charge in [-0.3, -0.25) is 19.2 Å². The standard InChI is InChI=1S/C30H38ClN3O7/c1-20(2)16-25(33-28(37)24(32-21(3)35)15-14-22-10-6-4-7-11-22)29(38)34-26(19-40-27(36)17-31)30(39)41-18-23-12-8-5-9-13-23/h4-13,20,24-26H,14-19H2,1-3H3,(H,32,35)(H,33,37)(H,34,38)/t24-,25-,26-/m0/s1. The lowest BCUT2D eigenvalue weighted by Crippen LogP contribution is -2.56. The van der Waals surface area contributed by atoms with Gasteiger partial charge in [0, 0.05) is 6.92 Å². The molecule has 0 aliphatic rings. The highest BCUT2D eigenvalue weighted by molar-refractivity contribution is 6.26. The number of benzene rings is 2. The Balaban J connectivity index is 2.14. The smallest absolute Gasteiger partial charge is 0.332 e. The van der Waals surface area contributed by atoms with Crippen molar-refractivity contribution < 1.29 is 33.4 Å². The molecule has 222 valence electrons. The minimum absolute atomic E-state index is 0.00727. The van der Waals surface area contributed by atoms with Crippen LogP contribution >= 0.6 is 11.6 Å². The second-order valence-electron chi connectivity index (χ2n) is 9.94. The van der Waals surface area contributed by atoms with Gasteiger partial charge in [0.25, 0.3) is 0 Å². The number of halogens is 1. The van der Waals surface area contributed by atoms with Gasteiger partial charge in [0.1, 0.15) is 31.2 Å². The summed E-state index contributed by atoms with van der Waals surface area (Å²) < 4.78 is 10.3. The van der Waals surface area contributed by atoms with Crippen molar-refractivity contribution >= 4 is 41.3 Å². The molecule has 0 heterocycles. The molecule has 0 aromatic heterocycles. The zero-order chi connectivity index (χ0) is 30.2. The molecule has 2 aromatic rings. The molecule has 3 N–H and O–H groups in total. The molecular formula is C30H38ClN3O7. The van der Waals surface area contributed by atoms with Crippen molar-refractivity contribution in [2.24, 2.45) is 5.92 Å². The van der Waals surface area contributed by atoms with Gasteiger partial charge in [0.15, 0.2) is 6.04 Å². The Morgan fingerprint density at radius 2 is 1.32 bits per heavy atom. The first kappa shape index (κ1) is 33.3. The third-order valence-electron chi connectivity index (χ3n) is 5.94. The molecule has 11 heteroatoms. The molecule has 0 radical (unpaired) electrons. The quantitative estimate of drug-likeness (QED) is 0.203. The van der Waals surface area contributed by atoms with Gasteiger partial charge in [-0.25, -0.2) is 4.79 Å². The molecule has 0 saturated carbocycles. The molecule has 10 nitrogen and oxygen atoms in total. The Morgan fingerprint density at radius 3 is 1.88 bits per heavy atom. The summed E-state index contributed by atoms with van der Waals surface area (Å²) in [6.07, 6.45) is 1.09. The molecule has 2 aromatic carbocycles. The molecule has 0 spiro atoms. The summed E-state index contributed by atoms with van der Waals surface area (Å²) in [6, 6.07) is 15.2. The first-order chi connectivity index (χ1) is 19.6. The maximum absolute atomic E-state index is 13.4. The average molecular weight is 588 g/mol. The lowest BCUT2D eigenvalue weighted by atomic mass is 10.0. The van der Waals surface area contributed by atoms with Crippen LogP contribution in [0.4, 0.5) is 0 Å². The fraction of sp³-hybridized carbons (Fsp3) is 0.433. The van der Waals surface area contributed by atoms with Crippen LogP contribution in [-0.2, 0) is 46.5 Å². The summed E-state index contributed by atoms with van der Waals surface area (Å²) in [5.41, 5.74) is 1.73. The van der Waals surface area contributed by atoms with Crippen LogP contribution in [0.3, 0.4) is 0 Å². The fourth-order valence-corrected chi connectivity index (χ4v) is 4.01. The molecule has 41 heavy (non-hydrogen) atoms. The van der Waals surface area contributed by atoms with Crippen LogP contribution < -0.4 is 16.0 Å². The van der Waals surface area contributed by atoms with Crippen LogP contribution in [0.15, 0.2) is 60.7 Å². The first-order valence-electron chi connectivity index (χ1n) is 13.4. The summed E-state index contributed by atoms with van der Waals surface area (Å²) >= 11 is 5.50. The number of nitrogens with one attached hydrogen (secondary N) is 3. The SMILES string of the molecule is CC(=O)N[C@@H](CCc1ccccc1)C(=O)N[C@@H](CC(C)C)C(=O)N[C@@H](COC(=O)CCl)C(=O)OCc1ccccc1. The number of esters is 2. The molecular weight excluding hydrogens is 550 g/mol. The van der Waals surface area contributed by atoms with E-state index in [1.165, 1.54) is 6.92 Å². The Morgan fingerprint density at radius 1 is 0.756 bits per heavy atom. The van der Waals surface area contributed by atoms with Crippen molar-refractivity contribution in [3.8, 4) is 0 Å². The minimum atomic E-state index is -1.34. The van der Waals surface area contributed by atoms with E-state index in [9.17, 15) is 24.0 Å². The summed E-state index contributed by atoms with van der Waals surface area (Å²) in [5.74, 6) is -3.62. The number of alkyl halides is 1. The Kier molecular flexibility index (Phi) is 14.4. The number of hydrogen-bond donors (Lipinski definition) is 3. The van der Waals surface area contributed by atoms with E-state index in [0.717, 1.165) is 11.1 Å². The van der Waals surface area contributed by atoms with Gasteiger partial charge in [-0.2, -0.15) is 0 Å². The number of rotatable bonds is 16. The molecule has 0 aliphatic carbocycles. The van der Waals surface area contributed by atoms with Crippen LogP contribution in [0, 0.1) is 5.92 Å². The van der Waals surface area contributed by atoms with Gasteiger partial charge in [-0.1, -0.05) is 74.5 Å². The van der Waals surface area contributed by atoms with Crippen molar-refractivity contribution in [3.63, 3.8) is 0 Å². The number of ether oxygens (including phenoxy) is 2. The van der Waals surface area contributed by atoms with Crippen LogP contribution in [0.1, 0.15) is 44.7 Å². The zero-order valence-electron chi connectivity index (χ0n) is 23.6. The lowest BCUT2D eigenvalue weighted by molar-refractivity contribution is -0.154. The van der Waals surface area contributed by atoms with Crippen LogP contribution in [0.2, 0.25) is 0 Å². The highest BCUT2D eigenvalue weighted by Gasteiger charge is 2.31. The third kappa shape index (κ3) is 12.9. The summed E-state index contributed by atoms with van der Waals surface area (Å²) in [7, 11) is 0. The number of hydrogen-bond acceptors (Lipinski definition) is 7. The second kappa shape index (κ2) is 17.7. The van der Waals surface area contributed by atoms with Crippen molar-refractivity contribution in [1.29, 1.82) is 0 Å². The summed E-state index contributed by atoms with van der Waals surface area (Å²) in [5, 5.41) is 7.92. The van der Waals surface area contributed by atoms with E-state index in [1.807, 2.05) is 50.2 Å². The summed E-state index contributed by atoms with van der Waals surface area (Å²) in [6.45, 7) is 4.51. The van der Waals surface area contributed by atoms with Gasteiger partial charge in [0.2, 0.25) is 17.7 Å². The predicted molar refractivity (Wildman–Crippen MR) is 154 cm³/mol. The maximum Gasteiger partial charge on any atom is 0.332 e. The monoisotopic (exact) mass is 587 g/mol. The minimum Gasteiger partial charge on any atom is -0.462 e. The zero-order valence-corrected chi connectivity index (χ0v) is 24.3.